The Morgan fingerprint density at radius 1 is 1.17 bits per heavy atom. The van der Waals surface area contributed by atoms with Crippen molar-refractivity contribution < 1.29 is 14.4 Å². The molecule has 7 heteroatoms. The number of benzene rings is 1. The number of piperidine rings is 1. The molecule has 1 atom stereocenters. The summed E-state index contributed by atoms with van der Waals surface area (Å²) in [5, 5.41) is 4.12. The van der Waals surface area contributed by atoms with Crippen molar-refractivity contribution in [2.45, 2.75) is 37.8 Å². The van der Waals surface area contributed by atoms with E-state index in [2.05, 4.69) is 10.1 Å². The molecule has 30 heavy (non-hydrogen) atoms. The number of hydrogen-bond donors (Lipinski definition) is 0. The number of hydrogen-bond acceptors (Lipinski definition) is 5. The fraction of sp³-hybridized carbons (Fsp3) is 0.391. The predicted octanol–water partition coefficient (Wildman–Crippen LogP) is 2.42. The molecule has 2 aliphatic heterocycles. The molecule has 1 saturated heterocycles. The Balaban J connectivity index is 1.35. The van der Waals surface area contributed by atoms with E-state index in [1.807, 2.05) is 53.4 Å². The lowest BCUT2D eigenvalue weighted by atomic mass is 9.87. The van der Waals surface area contributed by atoms with E-state index in [-0.39, 0.29) is 11.8 Å². The summed E-state index contributed by atoms with van der Waals surface area (Å²) in [7, 11) is 1.74. The van der Waals surface area contributed by atoms with Crippen LogP contribution in [-0.2, 0) is 27.4 Å². The third kappa shape index (κ3) is 4.50. The van der Waals surface area contributed by atoms with E-state index in [9.17, 15) is 9.59 Å². The molecule has 3 heterocycles. The molecule has 2 aliphatic rings. The number of carbonyl (C=O) groups is 2. The topological polar surface area (TPSA) is 75.1 Å². The lowest BCUT2D eigenvalue weighted by Gasteiger charge is -2.38. The van der Waals surface area contributed by atoms with Crippen LogP contribution in [0.1, 0.15) is 30.5 Å². The van der Waals surface area contributed by atoms with Gasteiger partial charge in [-0.05, 0) is 30.5 Å². The summed E-state index contributed by atoms with van der Waals surface area (Å²) in [6.07, 6.45) is 4.12. The highest BCUT2D eigenvalue weighted by Gasteiger charge is 2.45. The molecule has 2 aromatic rings. The van der Waals surface area contributed by atoms with Crippen LogP contribution in [0.25, 0.3) is 0 Å². The third-order valence-electron chi connectivity index (χ3n) is 5.65. The molecule has 1 aromatic heterocycles. The number of likely N-dealkylation sites (tertiary alicyclic amines) is 1. The summed E-state index contributed by atoms with van der Waals surface area (Å²) in [4.78, 5) is 39.1. The summed E-state index contributed by atoms with van der Waals surface area (Å²) in [5.41, 5.74) is 1.63. The van der Waals surface area contributed by atoms with Gasteiger partial charge in [-0.2, -0.15) is 0 Å². The van der Waals surface area contributed by atoms with E-state index in [1.165, 1.54) is 0 Å². The van der Waals surface area contributed by atoms with Gasteiger partial charge >= 0.3 is 0 Å². The van der Waals surface area contributed by atoms with Gasteiger partial charge in [0.2, 0.25) is 5.91 Å². The molecule has 0 aliphatic carbocycles. The van der Waals surface area contributed by atoms with Gasteiger partial charge in [0, 0.05) is 26.2 Å². The highest BCUT2D eigenvalue weighted by molar-refractivity contribution is 6.39. The van der Waals surface area contributed by atoms with Crippen molar-refractivity contribution in [2.24, 2.45) is 5.16 Å². The molecule has 2 amide bonds. The zero-order valence-electron chi connectivity index (χ0n) is 17.2. The Morgan fingerprint density at radius 3 is 2.73 bits per heavy atom. The minimum absolute atomic E-state index is 0.0796. The number of pyridine rings is 1. The van der Waals surface area contributed by atoms with E-state index in [0.29, 0.717) is 38.2 Å². The normalized spacial score (nSPS) is 20.6. The summed E-state index contributed by atoms with van der Waals surface area (Å²) in [6, 6.07) is 15.4. The maximum Gasteiger partial charge on any atom is 0.271 e. The van der Waals surface area contributed by atoms with Gasteiger partial charge in [-0.25, -0.2) is 0 Å². The average molecular weight is 406 g/mol. The van der Waals surface area contributed by atoms with E-state index < -0.39 is 5.60 Å². The standard InChI is InChI=1S/C23H26N4O3/c1-26(16-19-10-5-6-12-24-19)22(29)20-15-23(30-25-20)11-7-13-27(17-23)21(28)14-18-8-3-2-4-9-18/h2-6,8-10,12H,7,11,13-17H2,1H3. The molecule has 4 rings (SSSR count). The van der Waals surface area contributed by atoms with Crippen molar-refractivity contribution in [3.8, 4) is 0 Å². The largest absolute Gasteiger partial charge is 0.386 e. The van der Waals surface area contributed by atoms with Crippen LogP contribution in [0.3, 0.4) is 0 Å². The molecule has 1 spiro atoms. The average Bonchev–Trinajstić information content (AvgIpc) is 3.17. The smallest absolute Gasteiger partial charge is 0.271 e. The highest BCUT2D eigenvalue weighted by atomic mass is 16.7. The molecule has 0 N–H and O–H groups in total. The Bertz CT molecular complexity index is 932. The molecule has 1 aromatic carbocycles. The molecule has 1 fully saturated rings. The number of oxime groups is 1. The second kappa shape index (κ2) is 8.65. The van der Waals surface area contributed by atoms with Crippen LogP contribution in [0.2, 0.25) is 0 Å². The quantitative estimate of drug-likeness (QED) is 0.764. The molecular formula is C23H26N4O3. The predicted molar refractivity (Wildman–Crippen MR) is 113 cm³/mol. The maximum atomic E-state index is 12.8. The SMILES string of the molecule is CN(Cc1ccccn1)C(=O)C1=NOC2(CCCN(C(=O)Cc3ccccc3)C2)C1. The first-order valence-corrected chi connectivity index (χ1v) is 10.3. The van der Waals surface area contributed by atoms with Crippen LogP contribution in [-0.4, -0.2) is 58.0 Å². The Labute approximate surface area is 176 Å². The first-order chi connectivity index (χ1) is 14.5. The minimum atomic E-state index is -0.596. The fourth-order valence-corrected chi connectivity index (χ4v) is 4.08. The van der Waals surface area contributed by atoms with Crippen molar-refractivity contribution in [1.29, 1.82) is 0 Å². The first kappa shape index (κ1) is 20.1. The van der Waals surface area contributed by atoms with E-state index in [4.69, 9.17) is 4.84 Å². The molecule has 7 nitrogen and oxygen atoms in total. The van der Waals surface area contributed by atoms with Gasteiger partial charge in [0.15, 0.2) is 5.60 Å². The van der Waals surface area contributed by atoms with Crippen LogP contribution in [0.5, 0.6) is 0 Å². The van der Waals surface area contributed by atoms with Crippen LogP contribution in [0, 0.1) is 0 Å². The minimum Gasteiger partial charge on any atom is -0.386 e. The third-order valence-corrected chi connectivity index (χ3v) is 5.65. The van der Waals surface area contributed by atoms with Crippen LogP contribution >= 0.6 is 0 Å². The molecule has 156 valence electrons. The summed E-state index contributed by atoms with van der Waals surface area (Å²) >= 11 is 0. The highest BCUT2D eigenvalue weighted by Crippen LogP contribution is 2.34. The summed E-state index contributed by atoms with van der Waals surface area (Å²) in [6.45, 7) is 1.58. The van der Waals surface area contributed by atoms with E-state index in [1.54, 1.807) is 18.1 Å². The van der Waals surface area contributed by atoms with E-state index >= 15 is 0 Å². The van der Waals surface area contributed by atoms with Crippen LogP contribution in [0.4, 0.5) is 0 Å². The van der Waals surface area contributed by atoms with Crippen molar-refractivity contribution >= 4 is 17.5 Å². The maximum absolute atomic E-state index is 12.8. The number of nitrogens with zero attached hydrogens (tertiary/aromatic N) is 4. The fourth-order valence-electron chi connectivity index (χ4n) is 4.08. The Morgan fingerprint density at radius 2 is 1.97 bits per heavy atom. The molecule has 0 bridgehead atoms. The monoisotopic (exact) mass is 406 g/mol. The van der Waals surface area contributed by atoms with Crippen molar-refractivity contribution in [3.05, 3.63) is 66.0 Å². The van der Waals surface area contributed by atoms with Crippen molar-refractivity contribution in [1.82, 2.24) is 14.8 Å². The van der Waals surface area contributed by atoms with Gasteiger partial charge < -0.3 is 14.6 Å². The Kier molecular flexibility index (Phi) is 5.79. The van der Waals surface area contributed by atoms with Crippen molar-refractivity contribution in [2.75, 3.05) is 20.1 Å². The lowest BCUT2D eigenvalue weighted by Crippen LogP contribution is -2.51. The van der Waals surface area contributed by atoms with Crippen LogP contribution in [0.15, 0.2) is 59.9 Å². The number of rotatable bonds is 5. The van der Waals surface area contributed by atoms with Gasteiger partial charge in [0.25, 0.3) is 5.91 Å². The molecule has 0 radical (unpaired) electrons. The molecule has 1 unspecified atom stereocenters. The van der Waals surface area contributed by atoms with E-state index in [0.717, 1.165) is 24.1 Å². The van der Waals surface area contributed by atoms with Gasteiger partial charge in [-0.1, -0.05) is 41.6 Å². The second-order valence-corrected chi connectivity index (χ2v) is 8.05. The molecular weight excluding hydrogens is 380 g/mol. The van der Waals surface area contributed by atoms with Gasteiger partial charge in [0.1, 0.15) is 5.71 Å². The van der Waals surface area contributed by atoms with Crippen LogP contribution < -0.4 is 0 Å². The summed E-state index contributed by atoms with van der Waals surface area (Å²) in [5.74, 6) is -0.0822. The van der Waals surface area contributed by atoms with Gasteiger partial charge in [-0.3, -0.25) is 14.6 Å². The number of carbonyl (C=O) groups excluding carboxylic acids is 2. The summed E-state index contributed by atoms with van der Waals surface area (Å²) < 4.78 is 0. The van der Waals surface area contributed by atoms with Gasteiger partial charge in [0.05, 0.1) is 25.2 Å². The lowest BCUT2D eigenvalue weighted by molar-refractivity contribution is -0.139. The van der Waals surface area contributed by atoms with Gasteiger partial charge in [-0.15, -0.1) is 0 Å². The van der Waals surface area contributed by atoms with Crippen molar-refractivity contribution in [3.63, 3.8) is 0 Å². The number of aromatic nitrogens is 1. The zero-order valence-corrected chi connectivity index (χ0v) is 17.2. The second-order valence-electron chi connectivity index (χ2n) is 8.05. The zero-order chi connectivity index (χ0) is 21.0. The number of amides is 2. The first-order valence-electron chi connectivity index (χ1n) is 10.3. The molecule has 0 saturated carbocycles. The Hall–Kier alpha value is -3.22.